The number of halogens is 1. The van der Waals surface area contributed by atoms with Gasteiger partial charge >= 0.3 is 0 Å². The van der Waals surface area contributed by atoms with Crippen LogP contribution in [0, 0.1) is 0 Å². The Morgan fingerprint density at radius 1 is 1.25 bits per heavy atom. The van der Waals surface area contributed by atoms with Crippen molar-refractivity contribution in [3.05, 3.63) is 45.1 Å². The average molecular weight is 351 g/mol. The molecule has 1 aromatic heterocycles. The smallest absolute Gasteiger partial charge is 0.193 e. The number of hydrogen-bond donors (Lipinski definition) is 0. The topological polar surface area (TPSA) is 23.6 Å². The first-order chi connectivity index (χ1) is 9.66. The molecule has 1 aliphatic rings. The summed E-state index contributed by atoms with van der Waals surface area (Å²) < 4.78 is 0.898. The molecular weight excluding hydrogens is 336 g/mol. The van der Waals surface area contributed by atoms with E-state index >= 15 is 0 Å². The van der Waals surface area contributed by atoms with Crippen LogP contribution >= 0.6 is 27.3 Å². The van der Waals surface area contributed by atoms with Crippen LogP contribution in [0.4, 0.5) is 11.4 Å². The predicted molar refractivity (Wildman–Crippen MR) is 88.3 cm³/mol. The lowest BCUT2D eigenvalue weighted by atomic mass is 10.1. The number of nitrogens with zero attached hydrogens (tertiary/aromatic N) is 2. The van der Waals surface area contributed by atoms with Gasteiger partial charge in [0.25, 0.3) is 0 Å². The standard InChI is InChI=1S/C15H15BrN2OS/c1-17-7-8-18(13-5-3-2-4-12(13)17)10-14(19)15-11(16)6-9-20-15/h2-6,9H,7-8,10H2,1H3. The molecule has 0 radical (unpaired) electrons. The summed E-state index contributed by atoms with van der Waals surface area (Å²) in [7, 11) is 2.09. The molecule has 0 bridgehead atoms. The van der Waals surface area contributed by atoms with Crippen LogP contribution in [0.2, 0.25) is 0 Å². The Hall–Kier alpha value is -1.33. The normalized spacial score (nSPS) is 14.3. The van der Waals surface area contributed by atoms with Gasteiger partial charge in [0.2, 0.25) is 0 Å². The number of rotatable bonds is 3. The number of ketones is 1. The number of carbonyl (C=O) groups is 1. The SMILES string of the molecule is CN1CCN(CC(=O)c2sccc2Br)c2ccccc21. The number of para-hydroxylation sites is 2. The van der Waals surface area contributed by atoms with Crippen molar-refractivity contribution in [3.63, 3.8) is 0 Å². The van der Waals surface area contributed by atoms with Gasteiger partial charge in [0.15, 0.2) is 5.78 Å². The number of benzene rings is 1. The third-order valence-electron chi connectivity index (χ3n) is 3.54. The zero-order valence-electron chi connectivity index (χ0n) is 11.2. The molecule has 0 atom stereocenters. The van der Waals surface area contributed by atoms with Crippen molar-refractivity contribution >= 4 is 44.4 Å². The Bertz CT molecular complexity index is 640. The number of Topliss-reactive ketones (excluding diaryl/α,β-unsaturated/α-hetero) is 1. The minimum Gasteiger partial charge on any atom is -0.371 e. The molecule has 1 aliphatic heterocycles. The van der Waals surface area contributed by atoms with Crippen LogP contribution in [0.25, 0.3) is 0 Å². The molecular formula is C15H15BrN2OS. The van der Waals surface area contributed by atoms with E-state index in [1.165, 1.54) is 17.0 Å². The number of fused-ring (bicyclic) bond motifs is 1. The van der Waals surface area contributed by atoms with Crippen molar-refractivity contribution in [2.45, 2.75) is 0 Å². The summed E-state index contributed by atoms with van der Waals surface area (Å²) in [4.78, 5) is 17.6. The molecule has 0 saturated heterocycles. The van der Waals surface area contributed by atoms with Gasteiger partial charge in [-0.25, -0.2) is 0 Å². The van der Waals surface area contributed by atoms with Crippen molar-refractivity contribution in [2.75, 3.05) is 36.5 Å². The molecule has 0 fully saturated rings. The largest absolute Gasteiger partial charge is 0.371 e. The molecule has 0 saturated carbocycles. The summed E-state index contributed by atoms with van der Waals surface area (Å²) in [5, 5.41) is 1.94. The van der Waals surface area contributed by atoms with Gasteiger partial charge in [-0.05, 0) is 39.5 Å². The molecule has 0 unspecified atom stereocenters. The van der Waals surface area contributed by atoms with Crippen LogP contribution in [-0.2, 0) is 0 Å². The van der Waals surface area contributed by atoms with E-state index in [-0.39, 0.29) is 5.78 Å². The summed E-state index contributed by atoms with van der Waals surface area (Å²) in [6, 6.07) is 10.2. The summed E-state index contributed by atoms with van der Waals surface area (Å²) in [6.07, 6.45) is 0. The average Bonchev–Trinajstić information content (AvgIpc) is 2.88. The molecule has 0 spiro atoms. The number of hydrogen-bond acceptors (Lipinski definition) is 4. The van der Waals surface area contributed by atoms with E-state index in [2.05, 4.69) is 44.9 Å². The molecule has 1 aromatic carbocycles. The molecule has 2 aromatic rings. The highest BCUT2D eigenvalue weighted by molar-refractivity contribution is 9.10. The quantitative estimate of drug-likeness (QED) is 0.789. The summed E-state index contributed by atoms with van der Waals surface area (Å²) in [5.74, 6) is 0.172. The van der Waals surface area contributed by atoms with Crippen molar-refractivity contribution in [1.29, 1.82) is 0 Å². The summed E-state index contributed by atoms with van der Waals surface area (Å²) in [6.45, 7) is 2.25. The van der Waals surface area contributed by atoms with E-state index in [1.807, 2.05) is 23.6 Å². The van der Waals surface area contributed by atoms with E-state index in [0.29, 0.717) is 6.54 Å². The number of anilines is 2. The second-order valence-corrected chi connectivity index (χ2v) is 6.62. The third kappa shape index (κ3) is 2.47. The lowest BCUT2D eigenvalue weighted by Gasteiger charge is -2.36. The zero-order chi connectivity index (χ0) is 14.1. The van der Waals surface area contributed by atoms with Gasteiger partial charge in [-0.3, -0.25) is 4.79 Å². The minimum atomic E-state index is 0.172. The first-order valence-corrected chi connectivity index (χ1v) is 8.15. The Labute approximate surface area is 130 Å². The molecule has 2 heterocycles. The Morgan fingerprint density at radius 3 is 2.70 bits per heavy atom. The van der Waals surface area contributed by atoms with Gasteiger partial charge in [-0.1, -0.05) is 12.1 Å². The monoisotopic (exact) mass is 350 g/mol. The van der Waals surface area contributed by atoms with Gasteiger partial charge in [-0.2, -0.15) is 0 Å². The fraction of sp³-hybridized carbons (Fsp3) is 0.267. The van der Waals surface area contributed by atoms with Gasteiger partial charge < -0.3 is 9.80 Å². The number of carbonyl (C=O) groups excluding carboxylic acids is 1. The van der Waals surface area contributed by atoms with E-state index in [4.69, 9.17) is 0 Å². The highest BCUT2D eigenvalue weighted by Crippen LogP contribution is 2.32. The van der Waals surface area contributed by atoms with Crippen molar-refractivity contribution in [3.8, 4) is 0 Å². The molecule has 3 rings (SSSR count). The predicted octanol–water partition coefficient (Wildman–Crippen LogP) is 3.65. The first-order valence-electron chi connectivity index (χ1n) is 6.48. The minimum absolute atomic E-state index is 0.172. The summed E-state index contributed by atoms with van der Waals surface area (Å²) in [5.41, 5.74) is 2.33. The van der Waals surface area contributed by atoms with Crippen molar-refractivity contribution < 1.29 is 4.79 Å². The Kier molecular flexibility index (Phi) is 3.81. The Balaban J connectivity index is 1.84. The molecule has 0 aliphatic carbocycles. The number of thiophene rings is 1. The van der Waals surface area contributed by atoms with Gasteiger partial charge in [-0.15, -0.1) is 11.3 Å². The zero-order valence-corrected chi connectivity index (χ0v) is 13.6. The Morgan fingerprint density at radius 2 is 2.00 bits per heavy atom. The van der Waals surface area contributed by atoms with Crippen LogP contribution in [0.3, 0.4) is 0 Å². The third-order valence-corrected chi connectivity index (χ3v) is 5.42. The molecule has 0 amide bonds. The highest BCUT2D eigenvalue weighted by Gasteiger charge is 2.23. The fourth-order valence-corrected chi connectivity index (χ4v) is 3.99. The lowest BCUT2D eigenvalue weighted by molar-refractivity contribution is 0.100. The maximum absolute atomic E-state index is 12.4. The van der Waals surface area contributed by atoms with Crippen LogP contribution < -0.4 is 9.80 Å². The maximum atomic E-state index is 12.4. The van der Waals surface area contributed by atoms with Gasteiger partial charge in [0, 0.05) is 24.6 Å². The van der Waals surface area contributed by atoms with Crippen LogP contribution in [0.5, 0.6) is 0 Å². The maximum Gasteiger partial charge on any atom is 0.193 e. The fourth-order valence-electron chi connectivity index (χ4n) is 2.47. The lowest BCUT2D eigenvalue weighted by Crippen LogP contribution is -2.41. The van der Waals surface area contributed by atoms with Crippen molar-refractivity contribution in [2.24, 2.45) is 0 Å². The molecule has 20 heavy (non-hydrogen) atoms. The van der Waals surface area contributed by atoms with Gasteiger partial charge in [0.05, 0.1) is 22.8 Å². The molecule has 104 valence electrons. The first kappa shape index (κ1) is 13.6. The second-order valence-electron chi connectivity index (χ2n) is 4.85. The van der Waals surface area contributed by atoms with E-state index in [0.717, 1.165) is 28.1 Å². The van der Waals surface area contributed by atoms with E-state index < -0.39 is 0 Å². The van der Waals surface area contributed by atoms with Crippen molar-refractivity contribution in [1.82, 2.24) is 0 Å². The van der Waals surface area contributed by atoms with Crippen LogP contribution in [0.15, 0.2) is 40.2 Å². The molecule has 5 heteroatoms. The van der Waals surface area contributed by atoms with Crippen LogP contribution in [-0.4, -0.2) is 32.5 Å². The second kappa shape index (κ2) is 5.58. The molecule has 0 N–H and O–H groups in total. The highest BCUT2D eigenvalue weighted by atomic mass is 79.9. The van der Waals surface area contributed by atoms with Crippen LogP contribution in [0.1, 0.15) is 9.67 Å². The number of likely N-dealkylation sites (N-methyl/N-ethyl adjacent to an activating group) is 1. The van der Waals surface area contributed by atoms with E-state index in [9.17, 15) is 4.79 Å². The van der Waals surface area contributed by atoms with Gasteiger partial charge in [0.1, 0.15) is 0 Å². The summed E-state index contributed by atoms with van der Waals surface area (Å²) >= 11 is 4.93. The van der Waals surface area contributed by atoms with E-state index in [1.54, 1.807) is 0 Å². The molecule has 3 nitrogen and oxygen atoms in total.